The van der Waals surface area contributed by atoms with E-state index in [4.69, 9.17) is 9.41 Å². The number of halogens is 3. The summed E-state index contributed by atoms with van der Waals surface area (Å²) in [6.07, 6.45) is -2.95. The van der Waals surface area contributed by atoms with Gasteiger partial charge in [-0.3, -0.25) is 9.79 Å². The van der Waals surface area contributed by atoms with Crippen LogP contribution in [0.15, 0.2) is 76.3 Å². The second-order valence-corrected chi connectivity index (χ2v) is 10.4. The topological polar surface area (TPSA) is 96.5 Å². The molecule has 0 unspecified atom stereocenters. The maximum Gasteiger partial charge on any atom is 0.417 e. The van der Waals surface area contributed by atoms with Crippen LogP contribution in [0.2, 0.25) is 0 Å². The van der Waals surface area contributed by atoms with Gasteiger partial charge in [0.15, 0.2) is 17.6 Å². The minimum absolute atomic E-state index is 0.0496. The molecule has 0 saturated carbocycles. The van der Waals surface area contributed by atoms with E-state index in [2.05, 4.69) is 27.4 Å². The molecule has 4 heterocycles. The number of anilines is 2. The number of carbonyl (C=O) groups excluding carboxylic acids is 1. The lowest BCUT2D eigenvalue weighted by atomic mass is 9.96. The second-order valence-electron chi connectivity index (χ2n) is 10.4. The van der Waals surface area contributed by atoms with Gasteiger partial charge in [0.25, 0.3) is 5.89 Å². The Labute approximate surface area is 234 Å². The van der Waals surface area contributed by atoms with E-state index in [1.807, 2.05) is 59.5 Å². The molecule has 8 nitrogen and oxygen atoms in total. The highest BCUT2D eigenvalue weighted by Crippen LogP contribution is 2.37. The van der Waals surface area contributed by atoms with Crippen molar-refractivity contribution >= 4 is 23.2 Å². The first kappa shape index (κ1) is 26.7. The average Bonchev–Trinajstić information content (AvgIpc) is 3.38. The highest BCUT2D eigenvalue weighted by molar-refractivity contribution is 6.16. The molecule has 0 bridgehead atoms. The summed E-state index contributed by atoms with van der Waals surface area (Å²) in [6, 6.07) is 18.2. The summed E-state index contributed by atoms with van der Waals surface area (Å²) in [7, 11) is 0. The molecule has 2 aromatic carbocycles. The number of fused-ring (bicyclic) bond motifs is 1. The minimum atomic E-state index is -4.54. The van der Waals surface area contributed by atoms with Crippen molar-refractivity contribution in [2.75, 3.05) is 23.3 Å². The normalized spacial score (nSPS) is 18.0. The van der Waals surface area contributed by atoms with E-state index in [1.54, 1.807) is 0 Å². The molecule has 4 aromatic rings. The standard InChI is InChI=1S/C30H27F3N6O2/c1-18-11-13-39(14-12-18)23-16-21(30(31,32)33)17-34-26(23)28-37-38-29(41-28)36-27-24(40)15-20-9-5-6-10-22(20)25(35-27)19-7-3-2-4-8-19/h2-10,16-18,27H,11-15H2,1H3,(H,36,38)/t27-/m1/s1. The number of hydrogen-bond donors (Lipinski definition) is 1. The highest BCUT2D eigenvalue weighted by atomic mass is 19.4. The Morgan fingerprint density at radius 1 is 1.00 bits per heavy atom. The molecule has 210 valence electrons. The molecule has 1 N–H and O–H groups in total. The van der Waals surface area contributed by atoms with Crippen molar-refractivity contribution in [1.82, 2.24) is 15.2 Å². The molecule has 41 heavy (non-hydrogen) atoms. The summed E-state index contributed by atoms with van der Waals surface area (Å²) < 4.78 is 46.5. The number of hydrogen-bond acceptors (Lipinski definition) is 8. The van der Waals surface area contributed by atoms with Gasteiger partial charge in [0.05, 0.1) is 17.0 Å². The van der Waals surface area contributed by atoms with Crippen LogP contribution in [0.25, 0.3) is 11.6 Å². The zero-order chi connectivity index (χ0) is 28.6. The Hall–Kier alpha value is -4.54. The maximum atomic E-state index is 13.6. The molecular formula is C30H27F3N6O2. The largest absolute Gasteiger partial charge is 0.417 e. The minimum Gasteiger partial charge on any atom is -0.402 e. The summed E-state index contributed by atoms with van der Waals surface area (Å²) >= 11 is 0. The van der Waals surface area contributed by atoms with Gasteiger partial charge in [-0.1, -0.05) is 66.6 Å². The number of aliphatic imine (C=N–C) groups is 1. The van der Waals surface area contributed by atoms with Gasteiger partial charge in [-0.25, -0.2) is 4.98 Å². The Kier molecular flexibility index (Phi) is 7.02. The van der Waals surface area contributed by atoms with Crippen LogP contribution in [-0.4, -0.2) is 45.9 Å². The van der Waals surface area contributed by atoms with Crippen LogP contribution in [0.5, 0.6) is 0 Å². The van der Waals surface area contributed by atoms with Crippen LogP contribution in [0, 0.1) is 5.92 Å². The van der Waals surface area contributed by atoms with E-state index in [0.29, 0.717) is 24.7 Å². The van der Waals surface area contributed by atoms with Crippen molar-refractivity contribution in [2.45, 2.75) is 38.5 Å². The van der Waals surface area contributed by atoms with Gasteiger partial charge in [-0.05, 0) is 30.4 Å². The number of piperidine rings is 1. The molecule has 1 saturated heterocycles. The van der Waals surface area contributed by atoms with E-state index < -0.39 is 17.9 Å². The fraction of sp³-hybridized carbons (Fsp3) is 0.300. The van der Waals surface area contributed by atoms with Gasteiger partial charge in [-0.15, -0.1) is 5.10 Å². The molecule has 2 aliphatic heterocycles. The summed E-state index contributed by atoms with van der Waals surface area (Å²) in [5, 5.41) is 11.0. The number of nitrogens with one attached hydrogen (secondary N) is 1. The maximum absolute atomic E-state index is 13.6. The third kappa shape index (κ3) is 5.57. The lowest BCUT2D eigenvalue weighted by Crippen LogP contribution is -2.33. The van der Waals surface area contributed by atoms with Crippen LogP contribution in [-0.2, 0) is 17.4 Å². The zero-order valence-corrected chi connectivity index (χ0v) is 22.2. The van der Waals surface area contributed by atoms with Gasteiger partial charge >= 0.3 is 12.2 Å². The third-order valence-corrected chi connectivity index (χ3v) is 7.45. The third-order valence-electron chi connectivity index (χ3n) is 7.45. The van der Waals surface area contributed by atoms with E-state index >= 15 is 0 Å². The second kappa shape index (κ2) is 10.8. The monoisotopic (exact) mass is 560 g/mol. The van der Waals surface area contributed by atoms with Crippen LogP contribution in [0.1, 0.15) is 42.0 Å². The number of benzene rings is 2. The summed E-state index contributed by atoms with van der Waals surface area (Å²) in [5.74, 6) is 0.239. The average molecular weight is 561 g/mol. The van der Waals surface area contributed by atoms with Crippen molar-refractivity contribution < 1.29 is 22.4 Å². The quantitative estimate of drug-likeness (QED) is 0.330. The van der Waals surface area contributed by atoms with Gasteiger partial charge in [0.2, 0.25) is 0 Å². The van der Waals surface area contributed by atoms with Crippen molar-refractivity contribution in [3.63, 3.8) is 0 Å². The van der Waals surface area contributed by atoms with Crippen LogP contribution in [0.3, 0.4) is 0 Å². The van der Waals surface area contributed by atoms with Crippen LogP contribution < -0.4 is 10.2 Å². The summed E-state index contributed by atoms with van der Waals surface area (Å²) in [4.78, 5) is 24.0. The number of alkyl halides is 3. The number of rotatable bonds is 5. The number of Topliss-reactive ketones (excluding diaryl/α,β-unsaturated/α-hetero) is 1. The molecule has 1 fully saturated rings. The SMILES string of the molecule is CC1CCN(c2cc(C(F)(F)F)cnc2-c2nnc(N[C@H]3N=C(c4ccccc4)c4ccccc4CC3=O)o2)CC1. The summed E-state index contributed by atoms with van der Waals surface area (Å²) in [6.45, 7) is 3.30. The molecule has 0 amide bonds. The van der Waals surface area contributed by atoms with Crippen molar-refractivity contribution in [3.8, 4) is 11.6 Å². The number of pyridine rings is 1. The van der Waals surface area contributed by atoms with E-state index in [1.165, 1.54) is 0 Å². The van der Waals surface area contributed by atoms with Gasteiger partial charge in [-0.2, -0.15) is 13.2 Å². The first-order valence-corrected chi connectivity index (χ1v) is 13.4. The predicted molar refractivity (Wildman–Crippen MR) is 148 cm³/mol. The van der Waals surface area contributed by atoms with Crippen LogP contribution >= 0.6 is 0 Å². The molecule has 0 aliphatic carbocycles. The van der Waals surface area contributed by atoms with E-state index in [-0.39, 0.29) is 35.5 Å². The fourth-order valence-corrected chi connectivity index (χ4v) is 5.16. The number of aromatic nitrogens is 3. The van der Waals surface area contributed by atoms with Crippen LogP contribution in [0.4, 0.5) is 24.9 Å². The fourth-order valence-electron chi connectivity index (χ4n) is 5.16. The van der Waals surface area contributed by atoms with Gasteiger partial charge in [0.1, 0.15) is 0 Å². The Bertz CT molecular complexity index is 1590. The molecule has 6 rings (SSSR count). The summed E-state index contributed by atoms with van der Waals surface area (Å²) in [5.41, 5.74) is 2.80. The Balaban J connectivity index is 1.33. The zero-order valence-electron chi connectivity index (χ0n) is 22.2. The lowest BCUT2D eigenvalue weighted by Gasteiger charge is -2.33. The first-order valence-electron chi connectivity index (χ1n) is 13.4. The molecule has 2 aliphatic rings. The smallest absolute Gasteiger partial charge is 0.402 e. The van der Waals surface area contributed by atoms with Crippen molar-refractivity contribution in [1.29, 1.82) is 0 Å². The number of carbonyl (C=O) groups is 1. The van der Waals surface area contributed by atoms with E-state index in [0.717, 1.165) is 41.8 Å². The van der Waals surface area contributed by atoms with Gasteiger partial charge < -0.3 is 14.6 Å². The molecule has 11 heteroatoms. The van der Waals surface area contributed by atoms with Crippen molar-refractivity contribution in [3.05, 3.63) is 89.1 Å². The molecule has 0 spiro atoms. The Morgan fingerprint density at radius 3 is 2.49 bits per heavy atom. The molecule has 0 radical (unpaired) electrons. The molecule has 2 aromatic heterocycles. The Morgan fingerprint density at radius 2 is 1.73 bits per heavy atom. The van der Waals surface area contributed by atoms with Gasteiger partial charge in [0, 0.05) is 36.8 Å². The molecular weight excluding hydrogens is 533 g/mol. The van der Waals surface area contributed by atoms with E-state index in [9.17, 15) is 18.0 Å². The van der Waals surface area contributed by atoms with Crippen molar-refractivity contribution in [2.24, 2.45) is 10.9 Å². The lowest BCUT2D eigenvalue weighted by molar-refractivity contribution is -0.137. The molecule has 1 atom stereocenters. The predicted octanol–water partition coefficient (Wildman–Crippen LogP) is 5.79. The number of ketones is 1. The first-order chi connectivity index (χ1) is 19.8. The highest BCUT2D eigenvalue weighted by Gasteiger charge is 2.34. The number of nitrogens with zero attached hydrogens (tertiary/aromatic N) is 5.